The molecule has 0 aliphatic carbocycles. The number of nitrogens with zero attached hydrogens (tertiary/aromatic N) is 2. The number of amides is 1. The van der Waals surface area contributed by atoms with E-state index in [1.165, 1.54) is 0 Å². The van der Waals surface area contributed by atoms with Crippen LogP contribution in [0.5, 0.6) is 0 Å². The number of hydrogen-bond donors (Lipinski definition) is 3. The molecule has 3 rings (SSSR count). The number of H-pyrrole nitrogens is 1. The molecule has 0 saturated heterocycles. The Bertz CT molecular complexity index is 711. The van der Waals surface area contributed by atoms with Crippen LogP contribution in [0.3, 0.4) is 0 Å². The van der Waals surface area contributed by atoms with Crippen molar-refractivity contribution >= 4 is 34.4 Å². The van der Waals surface area contributed by atoms with Gasteiger partial charge in [0.2, 0.25) is 0 Å². The minimum atomic E-state index is -0.0629. The van der Waals surface area contributed by atoms with Crippen molar-refractivity contribution in [1.29, 1.82) is 0 Å². The van der Waals surface area contributed by atoms with Gasteiger partial charge in [0.1, 0.15) is 5.65 Å². The minimum Gasteiger partial charge on any atom is -0.348 e. The number of anilines is 1. The lowest BCUT2D eigenvalue weighted by molar-refractivity contribution is -0.117. The van der Waals surface area contributed by atoms with E-state index in [0.29, 0.717) is 11.4 Å². The third-order valence-electron chi connectivity index (χ3n) is 3.56. The molecule has 1 aliphatic heterocycles. The number of carbonyl (C=O) groups excluding carboxylic acids is 1. The second-order valence-electron chi connectivity index (χ2n) is 5.22. The smallest absolute Gasteiger partial charge is 0.259 e. The summed E-state index contributed by atoms with van der Waals surface area (Å²) < 4.78 is 0. The lowest BCUT2D eigenvalue weighted by Gasteiger charge is -2.27. The van der Waals surface area contributed by atoms with E-state index in [0.717, 1.165) is 29.0 Å². The quantitative estimate of drug-likeness (QED) is 0.794. The first-order valence-electron chi connectivity index (χ1n) is 7.23. The van der Waals surface area contributed by atoms with Crippen LogP contribution in [0.2, 0.25) is 0 Å². The number of nitrogens with one attached hydrogen (secondary N) is 2. The van der Waals surface area contributed by atoms with Gasteiger partial charge in [-0.15, -0.1) is 11.8 Å². The predicted octanol–water partition coefficient (Wildman–Crippen LogP) is 1.42. The first kappa shape index (κ1) is 14.9. The molecule has 116 valence electrons. The van der Waals surface area contributed by atoms with Crippen LogP contribution in [0.1, 0.15) is 6.92 Å². The second-order valence-corrected chi connectivity index (χ2v) is 6.35. The molecule has 6 nitrogen and oxygen atoms in total. The van der Waals surface area contributed by atoms with Gasteiger partial charge in [-0.05, 0) is 19.1 Å². The van der Waals surface area contributed by atoms with E-state index in [1.807, 2.05) is 31.5 Å². The maximum Gasteiger partial charge on any atom is 0.259 e. The Morgan fingerprint density at radius 2 is 2.45 bits per heavy atom. The van der Waals surface area contributed by atoms with Crippen LogP contribution in [0.4, 0.5) is 5.69 Å². The molecule has 22 heavy (non-hydrogen) atoms. The van der Waals surface area contributed by atoms with Crippen LogP contribution in [0, 0.1) is 0 Å². The summed E-state index contributed by atoms with van der Waals surface area (Å²) in [4.78, 5) is 22.5. The summed E-state index contributed by atoms with van der Waals surface area (Å²) in [7, 11) is 0. The number of rotatable bonds is 4. The summed E-state index contributed by atoms with van der Waals surface area (Å²) >= 11 is 1.57. The monoisotopic (exact) mass is 317 g/mol. The molecular weight excluding hydrogens is 298 g/mol. The highest BCUT2D eigenvalue weighted by Gasteiger charge is 2.20. The van der Waals surface area contributed by atoms with E-state index in [4.69, 9.17) is 5.73 Å². The summed E-state index contributed by atoms with van der Waals surface area (Å²) in [6, 6.07) is 3.95. The summed E-state index contributed by atoms with van der Waals surface area (Å²) in [5.74, 6) is 0.803. The van der Waals surface area contributed by atoms with Gasteiger partial charge in [0.05, 0.1) is 10.6 Å². The molecule has 4 N–H and O–H groups in total. The van der Waals surface area contributed by atoms with Gasteiger partial charge in [0, 0.05) is 48.9 Å². The van der Waals surface area contributed by atoms with E-state index < -0.39 is 0 Å². The average molecular weight is 317 g/mol. The highest BCUT2D eigenvalue weighted by atomic mass is 32.2. The van der Waals surface area contributed by atoms with Gasteiger partial charge >= 0.3 is 0 Å². The van der Waals surface area contributed by atoms with Crippen LogP contribution in [-0.2, 0) is 4.79 Å². The van der Waals surface area contributed by atoms with Crippen LogP contribution in [0.25, 0.3) is 11.0 Å². The van der Waals surface area contributed by atoms with E-state index in [-0.39, 0.29) is 11.9 Å². The van der Waals surface area contributed by atoms with E-state index >= 15 is 0 Å². The number of fused-ring (bicyclic) bond motifs is 1. The van der Waals surface area contributed by atoms with E-state index in [2.05, 4.69) is 20.2 Å². The van der Waals surface area contributed by atoms with Gasteiger partial charge in [0.25, 0.3) is 5.91 Å². The molecule has 1 atom stereocenters. The maximum absolute atomic E-state index is 12.3. The lowest BCUT2D eigenvalue weighted by Crippen LogP contribution is -2.39. The van der Waals surface area contributed by atoms with Crippen molar-refractivity contribution < 1.29 is 4.79 Å². The molecule has 7 heteroatoms. The standard InChI is InChI=1S/C15H19N5OS/c1-10(8-16)19-15(21)13-9-20(6-7-22-13)12-3-5-18-14-11(12)2-4-17-14/h2-5,9-10H,6-8,16H2,1H3,(H,17,18)(H,19,21)/t10-/m1/s1. The first-order chi connectivity index (χ1) is 10.7. The number of nitrogens with two attached hydrogens (primary N) is 1. The fraction of sp³-hybridized carbons (Fsp3) is 0.333. The van der Waals surface area contributed by atoms with Crippen molar-refractivity contribution in [3.05, 3.63) is 35.6 Å². The summed E-state index contributed by atoms with van der Waals surface area (Å²) in [5, 5.41) is 3.96. The summed E-state index contributed by atoms with van der Waals surface area (Å²) in [6.07, 6.45) is 5.56. The summed E-state index contributed by atoms with van der Waals surface area (Å²) in [5.41, 5.74) is 7.47. The predicted molar refractivity (Wildman–Crippen MR) is 90.6 cm³/mol. The highest BCUT2D eigenvalue weighted by molar-refractivity contribution is 8.04. The molecule has 0 fully saturated rings. The molecule has 1 amide bonds. The molecule has 0 unspecified atom stereocenters. The normalized spacial score (nSPS) is 16.5. The second kappa shape index (κ2) is 6.41. The number of aromatic nitrogens is 2. The zero-order valence-corrected chi connectivity index (χ0v) is 13.2. The molecule has 0 bridgehead atoms. The Kier molecular flexibility index (Phi) is 4.35. The zero-order chi connectivity index (χ0) is 15.5. The molecule has 0 saturated carbocycles. The van der Waals surface area contributed by atoms with E-state index in [1.54, 1.807) is 18.0 Å². The van der Waals surface area contributed by atoms with Crippen LogP contribution in [-0.4, -0.2) is 40.8 Å². The lowest BCUT2D eigenvalue weighted by atomic mass is 10.2. The van der Waals surface area contributed by atoms with Crippen molar-refractivity contribution in [2.45, 2.75) is 13.0 Å². The van der Waals surface area contributed by atoms with Crippen molar-refractivity contribution in [3.63, 3.8) is 0 Å². The molecule has 2 aromatic rings. The van der Waals surface area contributed by atoms with Crippen LogP contribution < -0.4 is 16.0 Å². The van der Waals surface area contributed by atoms with Crippen molar-refractivity contribution in [2.24, 2.45) is 5.73 Å². The maximum atomic E-state index is 12.3. The van der Waals surface area contributed by atoms with Gasteiger partial charge in [-0.1, -0.05) is 0 Å². The van der Waals surface area contributed by atoms with Gasteiger partial charge < -0.3 is 20.9 Å². The van der Waals surface area contributed by atoms with Crippen molar-refractivity contribution in [3.8, 4) is 0 Å². The number of pyridine rings is 1. The van der Waals surface area contributed by atoms with E-state index in [9.17, 15) is 4.79 Å². The Balaban J connectivity index is 1.87. The van der Waals surface area contributed by atoms with Gasteiger partial charge in [0.15, 0.2) is 0 Å². The molecule has 0 aromatic carbocycles. The van der Waals surface area contributed by atoms with Crippen molar-refractivity contribution in [2.75, 3.05) is 23.7 Å². The fourth-order valence-electron chi connectivity index (χ4n) is 2.36. The Labute approximate surface area is 133 Å². The average Bonchev–Trinajstić information content (AvgIpc) is 3.03. The third-order valence-corrected chi connectivity index (χ3v) is 4.55. The zero-order valence-electron chi connectivity index (χ0n) is 12.4. The van der Waals surface area contributed by atoms with Crippen LogP contribution in [0.15, 0.2) is 35.6 Å². The molecule has 0 radical (unpaired) electrons. The fourth-order valence-corrected chi connectivity index (χ4v) is 3.26. The van der Waals surface area contributed by atoms with Crippen molar-refractivity contribution in [1.82, 2.24) is 15.3 Å². The van der Waals surface area contributed by atoms with Gasteiger partial charge in [-0.3, -0.25) is 4.79 Å². The number of aromatic amines is 1. The van der Waals surface area contributed by atoms with Gasteiger partial charge in [-0.25, -0.2) is 4.98 Å². The number of hydrogen-bond acceptors (Lipinski definition) is 5. The SMILES string of the molecule is C[C@H](CN)NC(=O)C1=CN(c2ccnc3[nH]ccc23)CCS1. The molecular formula is C15H19N5OS. The topological polar surface area (TPSA) is 87.0 Å². The Morgan fingerprint density at radius 3 is 3.27 bits per heavy atom. The Hall–Kier alpha value is -1.99. The number of carbonyl (C=O) groups is 1. The largest absolute Gasteiger partial charge is 0.348 e. The third kappa shape index (κ3) is 2.95. The molecule has 3 heterocycles. The molecule has 2 aromatic heterocycles. The number of thioether (sulfide) groups is 1. The molecule has 1 aliphatic rings. The molecule has 0 spiro atoms. The Morgan fingerprint density at radius 1 is 1.59 bits per heavy atom. The first-order valence-corrected chi connectivity index (χ1v) is 8.22. The highest BCUT2D eigenvalue weighted by Crippen LogP contribution is 2.30. The van der Waals surface area contributed by atoms with Crippen LogP contribution >= 0.6 is 11.8 Å². The summed E-state index contributed by atoms with van der Waals surface area (Å²) in [6.45, 7) is 3.19. The minimum absolute atomic E-state index is 0.0262. The van der Waals surface area contributed by atoms with Gasteiger partial charge in [-0.2, -0.15) is 0 Å².